The quantitative estimate of drug-likeness (QED) is 0.147. The Balaban J connectivity index is 1.47. The Morgan fingerprint density at radius 3 is 1.66 bits per heavy atom. The number of ether oxygens (including phenoxy) is 7. The molecule has 2 aromatic rings. The Hall–Kier alpha value is -2.78. The second-order valence-electron chi connectivity index (χ2n) is 8.28. The van der Waals surface area contributed by atoms with Crippen molar-refractivity contribution in [3.63, 3.8) is 0 Å². The highest BCUT2D eigenvalue weighted by Crippen LogP contribution is 2.32. The second-order valence-corrected chi connectivity index (χ2v) is 8.28. The van der Waals surface area contributed by atoms with Crippen LogP contribution in [-0.4, -0.2) is 104 Å². The van der Waals surface area contributed by atoms with E-state index in [1.54, 1.807) is 18.2 Å². The second kappa shape index (κ2) is 21.0. The molecule has 2 N–H and O–H groups in total. The van der Waals surface area contributed by atoms with E-state index in [1.165, 1.54) is 18.2 Å². The fourth-order valence-electron chi connectivity index (χ4n) is 3.24. The van der Waals surface area contributed by atoms with Crippen molar-refractivity contribution in [3.8, 4) is 0 Å². The highest BCUT2D eigenvalue weighted by atomic mass is 19.4. The van der Waals surface area contributed by atoms with Crippen LogP contribution < -0.4 is 5.32 Å². The van der Waals surface area contributed by atoms with Crippen molar-refractivity contribution in [1.29, 1.82) is 0 Å². The number of aliphatic hydroxyl groups is 1. The molecule has 0 aliphatic heterocycles. The third kappa shape index (κ3) is 15.7. The van der Waals surface area contributed by atoms with Gasteiger partial charge in [0.1, 0.15) is 6.61 Å². The zero-order chi connectivity index (χ0) is 29.6. The fraction of sp³-hybridized carbons (Fsp3) is 0.536. The number of halogens is 3. The van der Waals surface area contributed by atoms with Crippen LogP contribution in [0.1, 0.15) is 15.9 Å². The van der Waals surface area contributed by atoms with Gasteiger partial charge in [0.25, 0.3) is 0 Å². The minimum atomic E-state index is -4.47. The molecule has 41 heavy (non-hydrogen) atoms. The van der Waals surface area contributed by atoms with E-state index < -0.39 is 17.7 Å². The molecule has 230 valence electrons. The van der Waals surface area contributed by atoms with E-state index in [2.05, 4.69) is 5.32 Å². The lowest BCUT2D eigenvalue weighted by molar-refractivity contribution is -0.137. The molecule has 0 atom stereocenters. The van der Waals surface area contributed by atoms with Crippen molar-refractivity contribution in [2.24, 2.45) is 0 Å². The first-order valence-electron chi connectivity index (χ1n) is 13.2. The van der Waals surface area contributed by atoms with Gasteiger partial charge >= 0.3 is 12.1 Å². The van der Waals surface area contributed by atoms with E-state index >= 15 is 0 Å². The van der Waals surface area contributed by atoms with Crippen LogP contribution in [0.15, 0.2) is 48.5 Å². The molecule has 0 saturated carbocycles. The van der Waals surface area contributed by atoms with Gasteiger partial charge < -0.3 is 43.6 Å². The predicted molar refractivity (Wildman–Crippen MR) is 143 cm³/mol. The lowest BCUT2D eigenvalue weighted by Gasteiger charge is -2.13. The average Bonchev–Trinajstić information content (AvgIpc) is 2.96. The Bertz CT molecular complexity index is 979. The molecule has 0 fully saturated rings. The molecule has 0 heterocycles. The van der Waals surface area contributed by atoms with Gasteiger partial charge in [-0.25, -0.2) is 4.79 Å². The monoisotopic (exact) mass is 589 g/mol. The minimum Gasteiger partial charge on any atom is -0.460 e. The van der Waals surface area contributed by atoms with Gasteiger partial charge in [0.05, 0.1) is 103 Å². The molecule has 0 unspecified atom stereocenters. The molecule has 0 aliphatic rings. The molecule has 0 spiro atoms. The summed E-state index contributed by atoms with van der Waals surface area (Å²) in [6, 6.07) is 11.1. The van der Waals surface area contributed by atoms with Crippen LogP contribution in [0.25, 0.3) is 0 Å². The van der Waals surface area contributed by atoms with Crippen molar-refractivity contribution in [2.75, 3.05) is 97.8 Å². The van der Waals surface area contributed by atoms with Gasteiger partial charge in [-0.15, -0.1) is 0 Å². The minimum absolute atomic E-state index is 0.00154. The number of nitrogens with one attached hydrogen (secondary N) is 1. The molecule has 0 bridgehead atoms. The average molecular weight is 590 g/mol. The largest absolute Gasteiger partial charge is 0.460 e. The van der Waals surface area contributed by atoms with Crippen LogP contribution in [0.3, 0.4) is 0 Å². The molecule has 13 heteroatoms. The number of hydrogen-bond donors (Lipinski definition) is 2. The van der Waals surface area contributed by atoms with E-state index in [0.717, 1.165) is 12.1 Å². The smallest absolute Gasteiger partial charge is 0.416 e. The number of carbonyl (C=O) groups excluding carboxylic acids is 1. The maximum Gasteiger partial charge on any atom is 0.416 e. The molecule has 0 aliphatic carbocycles. The summed E-state index contributed by atoms with van der Waals surface area (Å²) in [6.07, 6.45) is -4.47. The van der Waals surface area contributed by atoms with Gasteiger partial charge in [-0.2, -0.15) is 13.2 Å². The van der Waals surface area contributed by atoms with Crippen LogP contribution in [-0.2, 0) is 39.3 Å². The SMILES string of the molecule is O=C(OCCOCCOCCOCCOCCOCCOCCO)c1ccccc1Nc1cccc(C(F)(F)F)c1. The number of esters is 1. The maximum absolute atomic E-state index is 13.0. The first-order valence-corrected chi connectivity index (χ1v) is 13.2. The van der Waals surface area contributed by atoms with Gasteiger partial charge in [0.15, 0.2) is 0 Å². The number of aliphatic hydroxyl groups excluding tert-OH is 1. The summed E-state index contributed by atoms with van der Waals surface area (Å²) in [7, 11) is 0. The number of anilines is 2. The third-order valence-electron chi connectivity index (χ3n) is 5.17. The molecular weight excluding hydrogens is 551 g/mol. The van der Waals surface area contributed by atoms with Crippen molar-refractivity contribution in [2.45, 2.75) is 6.18 Å². The van der Waals surface area contributed by atoms with E-state index in [1.807, 2.05) is 0 Å². The molecular formula is C28H38F3NO9. The van der Waals surface area contributed by atoms with E-state index in [9.17, 15) is 18.0 Å². The lowest BCUT2D eigenvalue weighted by Crippen LogP contribution is -2.15. The number of para-hydroxylation sites is 1. The Labute approximate surface area is 237 Å². The summed E-state index contributed by atoms with van der Waals surface area (Å²) in [5, 5.41) is 11.4. The molecule has 2 rings (SSSR count). The molecule has 0 aromatic heterocycles. The number of rotatable bonds is 23. The van der Waals surface area contributed by atoms with Crippen LogP contribution in [0.4, 0.5) is 24.5 Å². The van der Waals surface area contributed by atoms with E-state index in [-0.39, 0.29) is 31.1 Å². The zero-order valence-corrected chi connectivity index (χ0v) is 22.9. The summed E-state index contributed by atoms with van der Waals surface area (Å²) in [4.78, 5) is 12.5. The maximum atomic E-state index is 13.0. The van der Waals surface area contributed by atoms with E-state index in [0.29, 0.717) is 78.4 Å². The first kappa shape index (κ1) is 34.4. The van der Waals surface area contributed by atoms with Gasteiger partial charge in [-0.1, -0.05) is 18.2 Å². The highest BCUT2D eigenvalue weighted by Gasteiger charge is 2.30. The number of benzene rings is 2. The predicted octanol–water partition coefficient (Wildman–Crippen LogP) is 3.70. The summed E-state index contributed by atoms with van der Waals surface area (Å²) in [5.74, 6) is -0.627. The molecule has 2 aromatic carbocycles. The summed E-state index contributed by atoms with van der Waals surface area (Å²) >= 11 is 0. The van der Waals surface area contributed by atoms with Crippen molar-refractivity contribution >= 4 is 17.3 Å². The first-order chi connectivity index (χ1) is 19.9. The van der Waals surface area contributed by atoms with Crippen LogP contribution >= 0.6 is 0 Å². The zero-order valence-electron chi connectivity index (χ0n) is 22.9. The fourth-order valence-corrected chi connectivity index (χ4v) is 3.24. The summed E-state index contributed by atoms with van der Waals surface area (Å²) in [5.41, 5.74) is -0.0859. The Morgan fingerprint density at radius 2 is 1.15 bits per heavy atom. The molecule has 10 nitrogen and oxygen atoms in total. The summed E-state index contributed by atoms with van der Waals surface area (Å²) in [6.45, 7) is 4.60. The molecule has 0 radical (unpaired) electrons. The highest BCUT2D eigenvalue weighted by molar-refractivity contribution is 5.96. The van der Waals surface area contributed by atoms with Crippen LogP contribution in [0.2, 0.25) is 0 Å². The van der Waals surface area contributed by atoms with Crippen molar-refractivity contribution in [3.05, 3.63) is 59.7 Å². The number of alkyl halides is 3. The molecule has 0 amide bonds. The Morgan fingerprint density at radius 1 is 0.659 bits per heavy atom. The standard InChI is InChI=1S/C28H38F3NO9/c29-28(30,31)23-4-3-5-24(22-23)32-26-7-2-1-6-25(26)27(34)41-21-20-40-19-18-39-17-16-38-15-14-37-13-12-36-11-10-35-9-8-33/h1-7,22,32-33H,8-21H2. The summed E-state index contributed by atoms with van der Waals surface area (Å²) < 4.78 is 76.1. The number of carbonyl (C=O) groups is 1. The normalized spacial score (nSPS) is 11.5. The van der Waals surface area contributed by atoms with Crippen LogP contribution in [0.5, 0.6) is 0 Å². The van der Waals surface area contributed by atoms with Crippen molar-refractivity contribution in [1.82, 2.24) is 0 Å². The van der Waals surface area contributed by atoms with Gasteiger partial charge in [0, 0.05) is 5.69 Å². The third-order valence-corrected chi connectivity index (χ3v) is 5.17. The van der Waals surface area contributed by atoms with Crippen LogP contribution in [0, 0.1) is 0 Å². The van der Waals surface area contributed by atoms with Gasteiger partial charge in [-0.3, -0.25) is 0 Å². The molecule has 0 saturated heterocycles. The van der Waals surface area contributed by atoms with Gasteiger partial charge in [0.2, 0.25) is 0 Å². The topological polar surface area (TPSA) is 114 Å². The van der Waals surface area contributed by atoms with E-state index in [4.69, 9.17) is 38.3 Å². The van der Waals surface area contributed by atoms with Crippen molar-refractivity contribution < 1.29 is 56.2 Å². The number of hydrogen-bond acceptors (Lipinski definition) is 10. The van der Waals surface area contributed by atoms with Gasteiger partial charge in [-0.05, 0) is 30.3 Å². The lowest BCUT2D eigenvalue weighted by atomic mass is 10.1. The Kier molecular flexibility index (Phi) is 17.6.